The first-order valence-corrected chi connectivity index (χ1v) is 6.72. The molecule has 20 heavy (non-hydrogen) atoms. The van der Waals surface area contributed by atoms with Crippen LogP contribution in [-0.4, -0.2) is 21.7 Å². The van der Waals surface area contributed by atoms with Crippen LogP contribution in [0.1, 0.15) is 17.3 Å². The van der Waals surface area contributed by atoms with Crippen LogP contribution < -0.4 is 5.32 Å². The highest BCUT2D eigenvalue weighted by Crippen LogP contribution is 2.34. The second kappa shape index (κ2) is 4.49. The molecular weight excluding hydrogens is 248 g/mol. The largest absolute Gasteiger partial charge is 0.384 e. The van der Waals surface area contributed by atoms with Crippen LogP contribution in [-0.2, 0) is 0 Å². The molecule has 0 spiro atoms. The monoisotopic (exact) mass is 262 g/mol. The Morgan fingerprint density at radius 2 is 1.75 bits per heavy atom. The van der Waals surface area contributed by atoms with Gasteiger partial charge in [-0.25, -0.2) is 4.98 Å². The van der Waals surface area contributed by atoms with Gasteiger partial charge in [-0.3, -0.25) is 5.10 Å². The average molecular weight is 262 g/mol. The van der Waals surface area contributed by atoms with Crippen LogP contribution in [0.4, 0.5) is 5.69 Å². The fraction of sp³-hybridized carbons (Fsp3) is 0.125. The zero-order valence-corrected chi connectivity index (χ0v) is 10.9. The first-order chi connectivity index (χ1) is 9.92. The molecule has 1 aliphatic rings. The second-order valence-corrected chi connectivity index (χ2v) is 4.93. The SMILES string of the molecule is c1ccc(-c2n[nH]c(C3CNc4ccccc43)n2)cc1. The van der Waals surface area contributed by atoms with E-state index in [1.54, 1.807) is 0 Å². The molecule has 2 heterocycles. The molecular formula is C16H14N4. The smallest absolute Gasteiger partial charge is 0.181 e. The number of aromatic nitrogens is 3. The van der Waals surface area contributed by atoms with Gasteiger partial charge in [0.15, 0.2) is 5.82 Å². The summed E-state index contributed by atoms with van der Waals surface area (Å²) in [4.78, 5) is 4.65. The van der Waals surface area contributed by atoms with E-state index in [4.69, 9.17) is 0 Å². The van der Waals surface area contributed by atoms with Gasteiger partial charge < -0.3 is 5.32 Å². The van der Waals surface area contributed by atoms with Gasteiger partial charge in [0.05, 0.1) is 5.92 Å². The number of rotatable bonds is 2. The van der Waals surface area contributed by atoms with E-state index < -0.39 is 0 Å². The van der Waals surface area contributed by atoms with E-state index in [1.807, 2.05) is 36.4 Å². The lowest BCUT2D eigenvalue weighted by Gasteiger charge is -2.05. The lowest BCUT2D eigenvalue weighted by Crippen LogP contribution is -2.05. The summed E-state index contributed by atoms with van der Waals surface area (Å²) in [7, 11) is 0. The lowest BCUT2D eigenvalue weighted by molar-refractivity contribution is 0.815. The Bertz CT molecular complexity index is 733. The minimum Gasteiger partial charge on any atom is -0.384 e. The number of para-hydroxylation sites is 1. The van der Waals surface area contributed by atoms with Gasteiger partial charge in [0.2, 0.25) is 0 Å². The van der Waals surface area contributed by atoms with Crippen LogP contribution in [0.3, 0.4) is 0 Å². The Morgan fingerprint density at radius 1 is 0.950 bits per heavy atom. The number of hydrogen-bond acceptors (Lipinski definition) is 3. The molecule has 1 unspecified atom stereocenters. The number of anilines is 1. The number of nitrogens with zero attached hydrogens (tertiary/aromatic N) is 2. The first kappa shape index (κ1) is 11.2. The zero-order chi connectivity index (χ0) is 13.4. The normalized spacial score (nSPS) is 16.7. The van der Waals surface area contributed by atoms with Crippen molar-refractivity contribution in [3.05, 3.63) is 66.0 Å². The van der Waals surface area contributed by atoms with Crippen molar-refractivity contribution in [1.29, 1.82) is 0 Å². The number of aromatic amines is 1. The molecule has 0 bridgehead atoms. The van der Waals surface area contributed by atoms with Crippen molar-refractivity contribution in [1.82, 2.24) is 15.2 Å². The maximum Gasteiger partial charge on any atom is 0.181 e. The fourth-order valence-corrected chi connectivity index (χ4v) is 2.67. The molecule has 2 aromatic carbocycles. The van der Waals surface area contributed by atoms with Gasteiger partial charge in [-0.2, -0.15) is 5.10 Å². The van der Waals surface area contributed by atoms with Crippen molar-refractivity contribution in [2.75, 3.05) is 11.9 Å². The number of benzene rings is 2. The van der Waals surface area contributed by atoms with Gasteiger partial charge in [-0.1, -0.05) is 48.5 Å². The molecule has 0 saturated carbocycles. The van der Waals surface area contributed by atoms with E-state index >= 15 is 0 Å². The Labute approximate surface area is 116 Å². The highest BCUT2D eigenvalue weighted by atomic mass is 15.2. The molecule has 1 aliphatic heterocycles. The molecule has 1 atom stereocenters. The zero-order valence-electron chi connectivity index (χ0n) is 10.9. The Morgan fingerprint density at radius 3 is 2.65 bits per heavy atom. The Hall–Kier alpha value is -2.62. The van der Waals surface area contributed by atoms with Crippen molar-refractivity contribution in [2.24, 2.45) is 0 Å². The van der Waals surface area contributed by atoms with Crippen LogP contribution in [0.25, 0.3) is 11.4 Å². The molecule has 0 amide bonds. The van der Waals surface area contributed by atoms with Crippen molar-refractivity contribution in [2.45, 2.75) is 5.92 Å². The molecule has 0 aliphatic carbocycles. The molecule has 4 rings (SSSR count). The molecule has 98 valence electrons. The third-order valence-electron chi connectivity index (χ3n) is 3.70. The summed E-state index contributed by atoms with van der Waals surface area (Å²) in [6.07, 6.45) is 0. The van der Waals surface area contributed by atoms with Crippen LogP contribution >= 0.6 is 0 Å². The summed E-state index contributed by atoms with van der Waals surface area (Å²) >= 11 is 0. The predicted molar refractivity (Wildman–Crippen MR) is 78.6 cm³/mol. The maximum atomic E-state index is 4.65. The van der Waals surface area contributed by atoms with Gasteiger partial charge in [0.1, 0.15) is 5.82 Å². The Kier molecular flexibility index (Phi) is 2.52. The molecule has 1 aromatic heterocycles. The van der Waals surface area contributed by atoms with Gasteiger partial charge in [-0.05, 0) is 11.6 Å². The van der Waals surface area contributed by atoms with Crippen LogP contribution in [0, 0.1) is 0 Å². The van der Waals surface area contributed by atoms with Crippen LogP contribution in [0.5, 0.6) is 0 Å². The van der Waals surface area contributed by atoms with E-state index in [1.165, 1.54) is 11.3 Å². The van der Waals surface area contributed by atoms with Crippen molar-refractivity contribution < 1.29 is 0 Å². The van der Waals surface area contributed by atoms with E-state index in [2.05, 4.69) is 38.7 Å². The van der Waals surface area contributed by atoms with E-state index in [9.17, 15) is 0 Å². The minimum atomic E-state index is 0.246. The molecule has 4 nitrogen and oxygen atoms in total. The third-order valence-corrected chi connectivity index (χ3v) is 3.70. The van der Waals surface area contributed by atoms with Crippen molar-refractivity contribution in [3.8, 4) is 11.4 Å². The van der Waals surface area contributed by atoms with Crippen molar-refractivity contribution in [3.63, 3.8) is 0 Å². The minimum absolute atomic E-state index is 0.246. The predicted octanol–water partition coefficient (Wildman–Crippen LogP) is 3.03. The summed E-state index contributed by atoms with van der Waals surface area (Å²) in [6.45, 7) is 0.864. The van der Waals surface area contributed by atoms with Gasteiger partial charge in [0.25, 0.3) is 0 Å². The summed E-state index contributed by atoms with van der Waals surface area (Å²) in [5.41, 5.74) is 3.51. The summed E-state index contributed by atoms with van der Waals surface area (Å²) in [5.74, 6) is 1.92. The maximum absolute atomic E-state index is 4.65. The van der Waals surface area contributed by atoms with E-state index in [0.29, 0.717) is 0 Å². The fourth-order valence-electron chi connectivity index (χ4n) is 2.67. The lowest BCUT2D eigenvalue weighted by atomic mass is 10.0. The van der Waals surface area contributed by atoms with Gasteiger partial charge >= 0.3 is 0 Å². The van der Waals surface area contributed by atoms with Crippen LogP contribution in [0.2, 0.25) is 0 Å². The average Bonchev–Trinajstić information content (AvgIpc) is 3.14. The number of hydrogen-bond donors (Lipinski definition) is 2. The van der Waals surface area contributed by atoms with Gasteiger partial charge in [0, 0.05) is 17.8 Å². The van der Waals surface area contributed by atoms with Crippen molar-refractivity contribution >= 4 is 5.69 Å². The van der Waals surface area contributed by atoms with Crippen LogP contribution in [0.15, 0.2) is 54.6 Å². The summed E-state index contributed by atoms with van der Waals surface area (Å²) < 4.78 is 0. The molecule has 3 aromatic rings. The highest BCUT2D eigenvalue weighted by Gasteiger charge is 2.26. The van der Waals surface area contributed by atoms with E-state index in [-0.39, 0.29) is 5.92 Å². The molecule has 2 N–H and O–H groups in total. The molecule has 4 heteroatoms. The number of H-pyrrole nitrogens is 1. The summed E-state index contributed by atoms with van der Waals surface area (Å²) in [5, 5.41) is 10.8. The quantitative estimate of drug-likeness (QED) is 0.746. The molecule has 0 radical (unpaired) electrons. The Balaban J connectivity index is 1.70. The van der Waals surface area contributed by atoms with E-state index in [0.717, 1.165) is 23.8 Å². The summed E-state index contributed by atoms with van der Waals surface area (Å²) in [6, 6.07) is 18.4. The topological polar surface area (TPSA) is 53.6 Å². The molecule has 0 fully saturated rings. The first-order valence-electron chi connectivity index (χ1n) is 6.72. The standard InChI is InChI=1S/C16H14N4/c1-2-6-11(7-3-1)15-18-16(20-19-15)13-10-17-14-9-5-4-8-12(13)14/h1-9,13,17H,10H2,(H,18,19,20). The molecule has 0 saturated heterocycles. The number of fused-ring (bicyclic) bond motifs is 1. The second-order valence-electron chi connectivity index (χ2n) is 4.93. The number of nitrogens with one attached hydrogen (secondary N) is 2. The van der Waals surface area contributed by atoms with Gasteiger partial charge in [-0.15, -0.1) is 0 Å². The highest BCUT2D eigenvalue weighted by molar-refractivity contribution is 5.60. The third kappa shape index (κ3) is 1.77.